The van der Waals surface area contributed by atoms with E-state index in [2.05, 4.69) is 15.5 Å². The zero-order valence-corrected chi connectivity index (χ0v) is 12.2. The second kappa shape index (κ2) is 7.36. The number of nitrogens with zero attached hydrogens (tertiary/aromatic N) is 2. The second-order valence-electron chi connectivity index (χ2n) is 4.28. The van der Waals surface area contributed by atoms with Crippen molar-refractivity contribution in [2.75, 3.05) is 0 Å². The quantitative estimate of drug-likeness (QED) is 0.693. The van der Waals surface area contributed by atoms with Gasteiger partial charge in [-0.2, -0.15) is 5.10 Å². The minimum Gasteiger partial charge on any atom is -0.267 e. The fraction of sp³-hybridized carbons (Fsp3) is 0.0625. The van der Waals surface area contributed by atoms with E-state index in [4.69, 9.17) is 11.6 Å². The standard InChI is InChI=1S/C16H14ClN3O/c1-12(6-7-13-4-2-3-5-15(13)17)19-20-16(21)14-8-10-18-11-9-14/h2-11H,1H3,(H,20,21)/b7-6?,19-12+. The van der Waals surface area contributed by atoms with E-state index in [1.807, 2.05) is 30.3 Å². The van der Waals surface area contributed by atoms with Crippen molar-refractivity contribution < 1.29 is 4.79 Å². The molecular weight excluding hydrogens is 286 g/mol. The van der Waals surface area contributed by atoms with Crippen LogP contribution in [0.1, 0.15) is 22.8 Å². The Morgan fingerprint density at radius 3 is 2.67 bits per heavy atom. The van der Waals surface area contributed by atoms with E-state index in [1.165, 1.54) is 0 Å². The van der Waals surface area contributed by atoms with Crippen LogP contribution < -0.4 is 5.43 Å². The maximum Gasteiger partial charge on any atom is 0.271 e. The molecule has 0 aliphatic heterocycles. The van der Waals surface area contributed by atoms with Crippen LogP contribution >= 0.6 is 11.6 Å². The molecule has 106 valence electrons. The Labute approximate surface area is 128 Å². The molecule has 1 N–H and O–H groups in total. The number of pyridine rings is 1. The van der Waals surface area contributed by atoms with Crippen LogP contribution in [0.4, 0.5) is 0 Å². The molecule has 0 aliphatic rings. The van der Waals surface area contributed by atoms with E-state index in [9.17, 15) is 4.79 Å². The minimum absolute atomic E-state index is 0.275. The number of allylic oxidation sites excluding steroid dienone is 1. The molecule has 5 heteroatoms. The maximum atomic E-state index is 11.8. The molecule has 0 spiro atoms. The largest absolute Gasteiger partial charge is 0.271 e. The molecule has 0 radical (unpaired) electrons. The third-order valence-corrected chi connectivity index (χ3v) is 3.03. The van der Waals surface area contributed by atoms with Crippen molar-refractivity contribution in [2.24, 2.45) is 5.10 Å². The van der Waals surface area contributed by atoms with Crippen LogP contribution in [0.15, 0.2) is 60.0 Å². The normalized spacial score (nSPS) is 11.6. The van der Waals surface area contributed by atoms with Crippen LogP contribution in [0.5, 0.6) is 0 Å². The highest BCUT2D eigenvalue weighted by atomic mass is 35.5. The summed E-state index contributed by atoms with van der Waals surface area (Å²) in [5.74, 6) is -0.275. The van der Waals surface area contributed by atoms with Crippen LogP contribution in [-0.4, -0.2) is 16.6 Å². The highest BCUT2D eigenvalue weighted by Crippen LogP contribution is 2.16. The molecular formula is C16H14ClN3O. The Bertz CT molecular complexity index is 681. The third-order valence-electron chi connectivity index (χ3n) is 2.69. The first-order valence-electron chi connectivity index (χ1n) is 6.34. The molecule has 0 atom stereocenters. The number of carbonyl (C=O) groups excluding carboxylic acids is 1. The van der Waals surface area contributed by atoms with Crippen LogP contribution in [0.3, 0.4) is 0 Å². The number of hydrogen-bond acceptors (Lipinski definition) is 3. The van der Waals surface area contributed by atoms with Gasteiger partial charge in [-0.05, 0) is 36.8 Å². The van der Waals surface area contributed by atoms with Gasteiger partial charge in [0.2, 0.25) is 0 Å². The number of halogens is 1. The van der Waals surface area contributed by atoms with Gasteiger partial charge in [0.05, 0.1) is 5.71 Å². The number of benzene rings is 1. The number of hydrazone groups is 1. The first-order chi connectivity index (χ1) is 10.2. The van der Waals surface area contributed by atoms with Crippen LogP contribution in [0.2, 0.25) is 5.02 Å². The zero-order valence-electron chi connectivity index (χ0n) is 11.5. The number of aromatic nitrogens is 1. The lowest BCUT2D eigenvalue weighted by atomic mass is 10.2. The molecule has 1 heterocycles. The van der Waals surface area contributed by atoms with Gasteiger partial charge in [-0.1, -0.05) is 35.9 Å². The van der Waals surface area contributed by atoms with Gasteiger partial charge in [-0.25, -0.2) is 5.43 Å². The van der Waals surface area contributed by atoms with Crippen molar-refractivity contribution >= 4 is 29.3 Å². The first kappa shape index (κ1) is 14.9. The van der Waals surface area contributed by atoms with Crippen molar-refractivity contribution in [2.45, 2.75) is 6.92 Å². The molecule has 2 rings (SSSR count). The average Bonchev–Trinajstić information content (AvgIpc) is 2.52. The molecule has 1 aromatic heterocycles. The van der Waals surface area contributed by atoms with Gasteiger partial charge in [0.25, 0.3) is 5.91 Å². The number of amides is 1. The van der Waals surface area contributed by atoms with Gasteiger partial charge < -0.3 is 0 Å². The lowest BCUT2D eigenvalue weighted by Gasteiger charge is -2.00. The Morgan fingerprint density at radius 1 is 1.24 bits per heavy atom. The average molecular weight is 300 g/mol. The summed E-state index contributed by atoms with van der Waals surface area (Å²) in [4.78, 5) is 15.6. The summed E-state index contributed by atoms with van der Waals surface area (Å²) in [7, 11) is 0. The third kappa shape index (κ3) is 4.54. The van der Waals surface area contributed by atoms with Crippen LogP contribution in [-0.2, 0) is 0 Å². The second-order valence-corrected chi connectivity index (χ2v) is 4.69. The molecule has 0 saturated heterocycles. The van der Waals surface area contributed by atoms with E-state index in [-0.39, 0.29) is 5.91 Å². The number of rotatable bonds is 4. The van der Waals surface area contributed by atoms with Crippen LogP contribution in [0.25, 0.3) is 6.08 Å². The Kier molecular flexibility index (Phi) is 5.23. The van der Waals surface area contributed by atoms with Gasteiger partial charge in [-0.3, -0.25) is 9.78 Å². The van der Waals surface area contributed by atoms with Gasteiger partial charge in [-0.15, -0.1) is 0 Å². The fourth-order valence-corrected chi connectivity index (χ4v) is 1.76. The van der Waals surface area contributed by atoms with E-state index in [0.717, 1.165) is 5.56 Å². The van der Waals surface area contributed by atoms with Crippen molar-refractivity contribution in [3.8, 4) is 0 Å². The van der Waals surface area contributed by atoms with Crippen LogP contribution in [0, 0.1) is 0 Å². The molecule has 1 amide bonds. The predicted octanol–water partition coefficient (Wildman–Crippen LogP) is 3.55. The first-order valence-corrected chi connectivity index (χ1v) is 6.72. The summed E-state index contributed by atoms with van der Waals surface area (Å²) in [6.45, 7) is 1.79. The predicted molar refractivity (Wildman–Crippen MR) is 85.3 cm³/mol. The van der Waals surface area contributed by atoms with Gasteiger partial charge in [0.1, 0.15) is 0 Å². The molecule has 4 nitrogen and oxygen atoms in total. The summed E-state index contributed by atoms with van der Waals surface area (Å²) in [6.07, 6.45) is 6.75. The van der Waals surface area contributed by atoms with E-state index in [0.29, 0.717) is 16.3 Å². The molecule has 0 fully saturated rings. The molecule has 0 unspecified atom stereocenters. The smallest absolute Gasteiger partial charge is 0.267 e. The lowest BCUT2D eigenvalue weighted by Crippen LogP contribution is -2.18. The molecule has 0 saturated carbocycles. The van der Waals surface area contributed by atoms with Crippen molar-refractivity contribution in [1.82, 2.24) is 10.4 Å². The Hall–Kier alpha value is -2.46. The highest BCUT2D eigenvalue weighted by Gasteiger charge is 2.02. The summed E-state index contributed by atoms with van der Waals surface area (Å²) in [5, 5.41) is 4.68. The van der Waals surface area contributed by atoms with E-state index in [1.54, 1.807) is 37.5 Å². The van der Waals surface area contributed by atoms with Crippen molar-refractivity contribution in [1.29, 1.82) is 0 Å². The van der Waals surface area contributed by atoms with Gasteiger partial charge >= 0.3 is 0 Å². The topological polar surface area (TPSA) is 54.4 Å². The number of nitrogens with one attached hydrogen (secondary N) is 1. The molecule has 21 heavy (non-hydrogen) atoms. The monoisotopic (exact) mass is 299 g/mol. The molecule has 2 aromatic rings. The van der Waals surface area contributed by atoms with Crippen molar-refractivity contribution in [3.05, 3.63) is 71.0 Å². The summed E-state index contributed by atoms with van der Waals surface area (Å²) < 4.78 is 0. The van der Waals surface area contributed by atoms with Gasteiger partial charge in [0.15, 0.2) is 0 Å². The zero-order chi connectivity index (χ0) is 15.1. The lowest BCUT2D eigenvalue weighted by molar-refractivity contribution is 0.0954. The fourth-order valence-electron chi connectivity index (χ4n) is 1.56. The molecule has 0 aliphatic carbocycles. The molecule has 1 aromatic carbocycles. The Morgan fingerprint density at radius 2 is 1.95 bits per heavy atom. The number of hydrogen-bond donors (Lipinski definition) is 1. The van der Waals surface area contributed by atoms with E-state index >= 15 is 0 Å². The maximum absolute atomic E-state index is 11.8. The highest BCUT2D eigenvalue weighted by molar-refractivity contribution is 6.32. The summed E-state index contributed by atoms with van der Waals surface area (Å²) in [5.41, 5.74) is 4.56. The molecule has 0 bridgehead atoms. The summed E-state index contributed by atoms with van der Waals surface area (Å²) >= 11 is 6.05. The SMILES string of the molecule is C/C(C=Cc1ccccc1Cl)=N\NC(=O)c1ccncc1. The minimum atomic E-state index is -0.275. The summed E-state index contributed by atoms with van der Waals surface area (Å²) in [6, 6.07) is 10.7. The number of carbonyl (C=O) groups is 1. The Balaban J connectivity index is 1.99. The van der Waals surface area contributed by atoms with Gasteiger partial charge in [0, 0.05) is 23.0 Å². The van der Waals surface area contributed by atoms with Crippen molar-refractivity contribution in [3.63, 3.8) is 0 Å². The van der Waals surface area contributed by atoms with E-state index < -0.39 is 0 Å².